The van der Waals surface area contributed by atoms with Crippen LogP contribution in [0.5, 0.6) is 0 Å². The Labute approximate surface area is 135 Å². The van der Waals surface area contributed by atoms with Crippen molar-refractivity contribution >= 4 is 45.7 Å². The molecule has 0 aliphatic heterocycles. The second-order valence-corrected chi connectivity index (χ2v) is 5.71. The molecule has 2 aromatic carbocycles. The molecule has 106 valence electrons. The monoisotopic (exact) mass is 340 g/mol. The molecule has 0 amide bonds. The summed E-state index contributed by atoms with van der Waals surface area (Å²) in [6.45, 7) is 1.85. The average Bonchev–Trinajstić information content (AvgIpc) is 2.46. The number of benzene rings is 2. The quantitative estimate of drug-likeness (QED) is 0.530. The molecule has 1 aromatic heterocycles. The van der Waals surface area contributed by atoms with E-state index in [2.05, 4.69) is 9.97 Å². The molecule has 0 unspecified atom stereocenters. The summed E-state index contributed by atoms with van der Waals surface area (Å²) in [4.78, 5) is 8.66. The zero-order valence-corrected chi connectivity index (χ0v) is 13.1. The molecule has 21 heavy (non-hydrogen) atoms. The number of hydrogen-bond donors (Lipinski definition) is 0. The molecule has 0 atom stereocenters. The predicted octanol–water partition coefficient (Wildman–Crippen LogP) is 5.70. The predicted molar refractivity (Wildman–Crippen MR) is 84.7 cm³/mol. The molecule has 0 spiro atoms. The van der Waals surface area contributed by atoms with E-state index in [9.17, 15) is 4.39 Å². The number of nitrogens with zero attached hydrogens (tertiary/aromatic N) is 2. The van der Waals surface area contributed by atoms with Crippen molar-refractivity contribution in [3.8, 4) is 11.4 Å². The molecule has 0 fully saturated rings. The number of hydrogen-bond acceptors (Lipinski definition) is 2. The molecule has 3 aromatic rings. The van der Waals surface area contributed by atoms with E-state index in [4.69, 9.17) is 34.8 Å². The van der Waals surface area contributed by atoms with Crippen molar-refractivity contribution < 1.29 is 4.39 Å². The highest BCUT2D eigenvalue weighted by Crippen LogP contribution is 2.31. The van der Waals surface area contributed by atoms with Gasteiger partial charge in [0.15, 0.2) is 5.82 Å². The summed E-state index contributed by atoms with van der Waals surface area (Å²) in [5.41, 5.74) is 1.95. The topological polar surface area (TPSA) is 25.8 Å². The fraction of sp³-hybridized carbons (Fsp3) is 0.0667. The van der Waals surface area contributed by atoms with Gasteiger partial charge in [0.2, 0.25) is 0 Å². The van der Waals surface area contributed by atoms with Gasteiger partial charge in [0.1, 0.15) is 11.0 Å². The van der Waals surface area contributed by atoms with Gasteiger partial charge >= 0.3 is 0 Å². The van der Waals surface area contributed by atoms with E-state index in [1.165, 1.54) is 12.1 Å². The highest BCUT2D eigenvalue weighted by molar-refractivity contribution is 6.35. The fourth-order valence-electron chi connectivity index (χ4n) is 2.03. The van der Waals surface area contributed by atoms with Gasteiger partial charge in [0.05, 0.1) is 10.5 Å². The molecule has 0 aliphatic rings. The van der Waals surface area contributed by atoms with Gasteiger partial charge in [-0.05, 0) is 42.8 Å². The SMILES string of the molecule is Cc1c(Cl)ccc2c(Cl)nc(-c3ccc(Cl)c(F)c3)nc12. The van der Waals surface area contributed by atoms with Crippen molar-refractivity contribution in [2.75, 3.05) is 0 Å². The largest absolute Gasteiger partial charge is 0.228 e. The van der Waals surface area contributed by atoms with Crippen LogP contribution in [0.3, 0.4) is 0 Å². The third kappa shape index (κ3) is 2.57. The van der Waals surface area contributed by atoms with E-state index >= 15 is 0 Å². The van der Waals surface area contributed by atoms with E-state index in [-0.39, 0.29) is 5.02 Å². The van der Waals surface area contributed by atoms with Gasteiger partial charge in [-0.25, -0.2) is 14.4 Å². The number of aromatic nitrogens is 2. The normalized spacial score (nSPS) is 11.1. The fourth-order valence-corrected chi connectivity index (χ4v) is 2.54. The number of aryl methyl sites for hydroxylation is 1. The molecule has 2 nitrogen and oxygen atoms in total. The molecule has 6 heteroatoms. The Balaban J connectivity index is 2.28. The first-order valence-electron chi connectivity index (χ1n) is 6.05. The van der Waals surface area contributed by atoms with Crippen molar-refractivity contribution in [2.24, 2.45) is 0 Å². The summed E-state index contributed by atoms with van der Waals surface area (Å²) < 4.78 is 13.6. The van der Waals surface area contributed by atoms with Crippen LogP contribution in [-0.4, -0.2) is 9.97 Å². The van der Waals surface area contributed by atoms with Gasteiger partial charge < -0.3 is 0 Å². The number of rotatable bonds is 1. The molecular formula is C15H8Cl3FN2. The van der Waals surface area contributed by atoms with Gasteiger partial charge in [-0.15, -0.1) is 0 Å². The van der Waals surface area contributed by atoms with Crippen molar-refractivity contribution in [1.82, 2.24) is 9.97 Å². The average molecular weight is 342 g/mol. The second kappa shape index (κ2) is 5.41. The third-order valence-electron chi connectivity index (χ3n) is 3.19. The molecule has 3 rings (SSSR count). The lowest BCUT2D eigenvalue weighted by molar-refractivity contribution is 0.628. The van der Waals surface area contributed by atoms with Crippen LogP contribution in [-0.2, 0) is 0 Å². The maximum absolute atomic E-state index is 13.6. The first kappa shape index (κ1) is 14.5. The van der Waals surface area contributed by atoms with Crippen LogP contribution in [0.2, 0.25) is 15.2 Å². The summed E-state index contributed by atoms with van der Waals surface area (Å²) in [7, 11) is 0. The second-order valence-electron chi connectivity index (χ2n) is 4.54. The van der Waals surface area contributed by atoms with Crippen LogP contribution in [0.1, 0.15) is 5.56 Å². The third-order valence-corrected chi connectivity index (χ3v) is 4.19. The van der Waals surface area contributed by atoms with E-state index in [0.29, 0.717) is 32.5 Å². The van der Waals surface area contributed by atoms with E-state index in [1.54, 1.807) is 18.2 Å². The lowest BCUT2D eigenvalue weighted by Crippen LogP contribution is -1.95. The standard InChI is InChI=1S/C15H8Cl3FN2/c1-7-10(16)5-3-9-13(7)20-15(21-14(9)18)8-2-4-11(17)12(19)6-8/h2-6H,1H3. The summed E-state index contributed by atoms with van der Waals surface area (Å²) in [6.07, 6.45) is 0. The van der Waals surface area contributed by atoms with Crippen LogP contribution in [0.25, 0.3) is 22.3 Å². The highest BCUT2D eigenvalue weighted by Gasteiger charge is 2.12. The van der Waals surface area contributed by atoms with Crippen LogP contribution < -0.4 is 0 Å². The van der Waals surface area contributed by atoms with Crippen LogP contribution >= 0.6 is 34.8 Å². The molecule has 0 radical (unpaired) electrons. The van der Waals surface area contributed by atoms with E-state index < -0.39 is 5.82 Å². The number of fused-ring (bicyclic) bond motifs is 1. The van der Waals surface area contributed by atoms with E-state index in [1.807, 2.05) is 6.92 Å². The van der Waals surface area contributed by atoms with E-state index in [0.717, 1.165) is 5.56 Å². The summed E-state index contributed by atoms with van der Waals surface area (Å²) in [5.74, 6) is -0.203. The minimum absolute atomic E-state index is 0.0462. The first-order valence-corrected chi connectivity index (χ1v) is 7.18. The lowest BCUT2D eigenvalue weighted by atomic mass is 10.1. The Morgan fingerprint density at radius 2 is 1.67 bits per heavy atom. The van der Waals surface area contributed by atoms with Crippen LogP contribution in [0.15, 0.2) is 30.3 Å². The van der Waals surface area contributed by atoms with Crippen molar-refractivity contribution in [3.05, 3.63) is 56.9 Å². The highest BCUT2D eigenvalue weighted by atomic mass is 35.5. The van der Waals surface area contributed by atoms with Gasteiger partial charge in [-0.3, -0.25) is 0 Å². The van der Waals surface area contributed by atoms with Crippen molar-refractivity contribution in [2.45, 2.75) is 6.92 Å². The Bertz CT molecular complexity index is 865. The number of halogens is 4. The Morgan fingerprint density at radius 3 is 2.38 bits per heavy atom. The van der Waals surface area contributed by atoms with Crippen molar-refractivity contribution in [1.29, 1.82) is 0 Å². The van der Waals surface area contributed by atoms with Crippen LogP contribution in [0, 0.1) is 12.7 Å². The zero-order valence-electron chi connectivity index (χ0n) is 10.8. The van der Waals surface area contributed by atoms with Gasteiger partial charge in [-0.2, -0.15) is 0 Å². The smallest absolute Gasteiger partial charge is 0.161 e. The molecule has 1 heterocycles. The Hall–Kier alpha value is -1.42. The molecule has 0 N–H and O–H groups in total. The van der Waals surface area contributed by atoms with Crippen LogP contribution in [0.4, 0.5) is 4.39 Å². The first-order chi connectivity index (χ1) is 9.97. The van der Waals surface area contributed by atoms with Gasteiger partial charge in [0, 0.05) is 16.0 Å². The Kier molecular flexibility index (Phi) is 3.74. The van der Waals surface area contributed by atoms with Gasteiger partial charge in [0.25, 0.3) is 0 Å². The Morgan fingerprint density at radius 1 is 0.952 bits per heavy atom. The molecule has 0 aliphatic carbocycles. The maximum atomic E-state index is 13.6. The molecular weight excluding hydrogens is 334 g/mol. The molecule has 0 saturated heterocycles. The maximum Gasteiger partial charge on any atom is 0.161 e. The minimum atomic E-state index is -0.531. The lowest BCUT2D eigenvalue weighted by Gasteiger charge is -2.08. The summed E-state index contributed by atoms with van der Waals surface area (Å²) in [5, 5.41) is 1.64. The van der Waals surface area contributed by atoms with Crippen molar-refractivity contribution in [3.63, 3.8) is 0 Å². The summed E-state index contributed by atoms with van der Waals surface area (Å²) >= 11 is 18.0. The summed E-state index contributed by atoms with van der Waals surface area (Å²) in [6, 6.07) is 7.89. The molecule has 0 saturated carbocycles. The minimum Gasteiger partial charge on any atom is -0.228 e. The zero-order chi connectivity index (χ0) is 15.1. The van der Waals surface area contributed by atoms with Gasteiger partial charge in [-0.1, -0.05) is 34.8 Å². The molecule has 0 bridgehead atoms.